The van der Waals surface area contributed by atoms with Gasteiger partial charge in [0, 0.05) is 20.4 Å². The van der Waals surface area contributed by atoms with Crippen molar-refractivity contribution in [2.45, 2.75) is 19.9 Å². The zero-order chi connectivity index (χ0) is 13.1. The van der Waals surface area contributed by atoms with Crippen LogP contribution in [0.3, 0.4) is 0 Å². The Balaban J connectivity index is 0.00000180. The molecule has 0 radical (unpaired) electrons. The number of hydrogen-bond acceptors (Lipinski definition) is 3. The van der Waals surface area contributed by atoms with Crippen LogP contribution in [0, 0.1) is 0 Å². The van der Waals surface area contributed by atoms with Crippen molar-refractivity contribution in [1.29, 1.82) is 0 Å². The molecule has 2 rings (SSSR count). The average Bonchev–Trinajstić information content (AvgIpc) is 2.78. The molecule has 1 aromatic carbocycles. The van der Waals surface area contributed by atoms with Crippen LogP contribution in [0.4, 0.5) is 0 Å². The third-order valence-electron chi connectivity index (χ3n) is 2.77. The predicted molar refractivity (Wildman–Crippen MR) is 71.2 cm³/mol. The minimum atomic E-state index is 0. The molecular weight excluding hydrogens is 335 g/mol. The summed E-state index contributed by atoms with van der Waals surface area (Å²) in [5, 5.41) is 4.44. The van der Waals surface area contributed by atoms with E-state index >= 15 is 0 Å². The van der Waals surface area contributed by atoms with Crippen molar-refractivity contribution in [3.8, 4) is 22.9 Å². The van der Waals surface area contributed by atoms with Gasteiger partial charge in [0.25, 0.3) is 0 Å². The van der Waals surface area contributed by atoms with Gasteiger partial charge in [0.05, 0.1) is 20.3 Å². The largest absolute Gasteiger partial charge is 0.481 e. The maximum absolute atomic E-state index is 5.50. The van der Waals surface area contributed by atoms with Crippen LogP contribution >= 0.6 is 0 Å². The summed E-state index contributed by atoms with van der Waals surface area (Å²) >= 11 is 0. The van der Waals surface area contributed by atoms with E-state index in [2.05, 4.69) is 18.9 Å². The normalized spacial score (nSPS) is 10.2. The number of benzene rings is 1. The zero-order valence-electron chi connectivity index (χ0n) is 11.5. The molecular formula is C14H18N2O2Pd. The van der Waals surface area contributed by atoms with Gasteiger partial charge in [-0.2, -0.15) is 0 Å². The molecule has 2 aromatic rings. The molecule has 0 unspecified atom stereocenters. The summed E-state index contributed by atoms with van der Waals surface area (Å²) in [6, 6.07) is 10.2. The predicted octanol–water partition coefficient (Wildman–Crippen LogP) is 3.15. The first-order valence-electron chi connectivity index (χ1n) is 5.95. The Morgan fingerprint density at radius 2 is 1.68 bits per heavy atom. The summed E-state index contributed by atoms with van der Waals surface area (Å²) < 4.78 is 12.7. The summed E-state index contributed by atoms with van der Waals surface area (Å²) in [6.07, 6.45) is 0. The zero-order valence-corrected chi connectivity index (χ0v) is 13.0. The van der Waals surface area contributed by atoms with Crippen molar-refractivity contribution in [1.82, 2.24) is 9.78 Å². The number of aromatic nitrogens is 2. The minimum absolute atomic E-state index is 0. The molecule has 0 N–H and O–H groups in total. The van der Waals surface area contributed by atoms with Crippen molar-refractivity contribution in [3.05, 3.63) is 30.3 Å². The van der Waals surface area contributed by atoms with Gasteiger partial charge in [-0.15, -0.1) is 5.10 Å². The van der Waals surface area contributed by atoms with Crippen molar-refractivity contribution in [2.24, 2.45) is 0 Å². The quantitative estimate of drug-likeness (QED) is 0.793. The van der Waals surface area contributed by atoms with Gasteiger partial charge in [0.15, 0.2) is 0 Å². The van der Waals surface area contributed by atoms with Crippen LogP contribution in [0.2, 0.25) is 0 Å². The minimum Gasteiger partial charge on any atom is -0.481 e. The average molecular weight is 353 g/mol. The van der Waals surface area contributed by atoms with Crippen molar-refractivity contribution < 1.29 is 29.9 Å². The van der Waals surface area contributed by atoms with E-state index in [1.54, 1.807) is 14.2 Å². The maximum Gasteiger partial charge on any atom is 0.244 e. The smallest absolute Gasteiger partial charge is 0.244 e. The number of hydrogen-bond donors (Lipinski definition) is 0. The molecule has 4 nitrogen and oxygen atoms in total. The Labute approximate surface area is 127 Å². The Kier molecular flexibility index (Phi) is 5.59. The van der Waals surface area contributed by atoms with Crippen LogP contribution in [0.15, 0.2) is 30.3 Å². The molecule has 0 aliphatic rings. The molecule has 0 bridgehead atoms. The second kappa shape index (κ2) is 6.74. The Hall–Kier alpha value is -1.31. The van der Waals surface area contributed by atoms with E-state index in [1.807, 2.05) is 35.0 Å². The summed E-state index contributed by atoms with van der Waals surface area (Å²) in [6.45, 7) is 4.12. The number of ether oxygens (including phenoxy) is 2. The van der Waals surface area contributed by atoms with Gasteiger partial charge >= 0.3 is 0 Å². The molecule has 0 aliphatic carbocycles. The van der Waals surface area contributed by atoms with Gasteiger partial charge in [0.2, 0.25) is 11.8 Å². The molecule has 1 heterocycles. The van der Waals surface area contributed by atoms with Crippen molar-refractivity contribution >= 4 is 0 Å². The third-order valence-corrected chi connectivity index (χ3v) is 2.77. The fraction of sp³-hybridized carbons (Fsp3) is 0.357. The maximum atomic E-state index is 5.50. The molecule has 0 amide bonds. The van der Waals surface area contributed by atoms with E-state index in [4.69, 9.17) is 9.47 Å². The molecule has 0 aliphatic heterocycles. The SMILES string of the molecule is COc1nn(C(C)C)c(OC)c1-c1ccccc1.[Pd]. The van der Waals surface area contributed by atoms with E-state index in [1.165, 1.54) is 0 Å². The van der Waals surface area contributed by atoms with Crippen molar-refractivity contribution in [3.63, 3.8) is 0 Å². The van der Waals surface area contributed by atoms with E-state index in [0.29, 0.717) is 5.88 Å². The third kappa shape index (κ3) is 2.99. The topological polar surface area (TPSA) is 36.3 Å². The molecule has 5 heteroatoms. The first kappa shape index (κ1) is 15.7. The number of rotatable bonds is 4. The monoisotopic (exact) mass is 352 g/mol. The molecule has 0 saturated carbocycles. The van der Waals surface area contributed by atoms with Gasteiger partial charge in [0.1, 0.15) is 5.56 Å². The van der Waals surface area contributed by atoms with E-state index in [0.717, 1.165) is 17.0 Å². The number of methoxy groups -OCH3 is 2. The second-order valence-electron chi connectivity index (χ2n) is 4.30. The molecule has 106 valence electrons. The summed E-state index contributed by atoms with van der Waals surface area (Å²) in [7, 11) is 3.28. The van der Waals surface area contributed by atoms with Gasteiger partial charge in [-0.05, 0) is 19.4 Å². The van der Waals surface area contributed by atoms with Crippen LogP contribution < -0.4 is 9.47 Å². The van der Waals surface area contributed by atoms with E-state index < -0.39 is 0 Å². The number of nitrogens with zero attached hydrogens (tertiary/aromatic N) is 2. The van der Waals surface area contributed by atoms with Gasteiger partial charge < -0.3 is 9.47 Å². The van der Waals surface area contributed by atoms with Gasteiger partial charge in [-0.1, -0.05) is 30.3 Å². The van der Waals surface area contributed by atoms with Crippen LogP contribution in [0.25, 0.3) is 11.1 Å². The van der Waals surface area contributed by atoms with Crippen molar-refractivity contribution in [2.75, 3.05) is 14.2 Å². The van der Waals surface area contributed by atoms with Crippen LogP contribution in [0.1, 0.15) is 19.9 Å². The molecule has 0 fully saturated rings. The van der Waals surface area contributed by atoms with Crippen LogP contribution in [0.5, 0.6) is 11.8 Å². The summed E-state index contributed by atoms with van der Waals surface area (Å²) in [4.78, 5) is 0. The molecule has 0 saturated heterocycles. The Morgan fingerprint density at radius 3 is 2.16 bits per heavy atom. The van der Waals surface area contributed by atoms with Crippen LogP contribution in [-0.4, -0.2) is 24.0 Å². The summed E-state index contributed by atoms with van der Waals surface area (Å²) in [5.41, 5.74) is 1.94. The Bertz CT molecular complexity index is 524. The van der Waals surface area contributed by atoms with E-state index in [9.17, 15) is 0 Å². The molecule has 0 atom stereocenters. The fourth-order valence-electron chi connectivity index (χ4n) is 1.94. The molecule has 19 heavy (non-hydrogen) atoms. The fourth-order valence-corrected chi connectivity index (χ4v) is 1.94. The van der Waals surface area contributed by atoms with Gasteiger partial charge in [-0.25, -0.2) is 4.68 Å². The first-order chi connectivity index (χ1) is 8.69. The Morgan fingerprint density at radius 1 is 1.05 bits per heavy atom. The van der Waals surface area contributed by atoms with Crippen LogP contribution in [-0.2, 0) is 20.4 Å². The van der Waals surface area contributed by atoms with E-state index in [-0.39, 0.29) is 26.5 Å². The summed E-state index contributed by atoms with van der Waals surface area (Å²) in [5.74, 6) is 1.32. The standard InChI is InChI=1S/C14H18N2O2.Pd/c1-10(2)16-14(18-4)12(13(15-16)17-3)11-8-6-5-7-9-11;/h5-10H,1-4H3;. The molecule has 0 spiro atoms. The van der Waals surface area contributed by atoms with Gasteiger partial charge in [-0.3, -0.25) is 0 Å². The first-order valence-corrected chi connectivity index (χ1v) is 5.95. The molecule has 1 aromatic heterocycles. The second-order valence-corrected chi connectivity index (χ2v) is 4.30.